The quantitative estimate of drug-likeness (QED) is 0.178. The van der Waals surface area contributed by atoms with E-state index in [-0.39, 0.29) is 39.7 Å². The van der Waals surface area contributed by atoms with Crippen molar-refractivity contribution in [3.05, 3.63) is 59.3 Å². The molecule has 1 unspecified atom stereocenters. The molecule has 0 bridgehead atoms. The predicted octanol–water partition coefficient (Wildman–Crippen LogP) is 9.08. The van der Waals surface area contributed by atoms with Crippen LogP contribution in [0.2, 0.25) is 0 Å². The van der Waals surface area contributed by atoms with Crippen LogP contribution in [0.4, 0.5) is 0 Å². The summed E-state index contributed by atoms with van der Waals surface area (Å²) in [7, 11) is -1.88. The summed E-state index contributed by atoms with van der Waals surface area (Å²) in [5.74, 6) is 7.89. The molecule has 8 nitrogen and oxygen atoms in total. The SMILES string of the molecule is C=C(C)[C@@H]1CC[C@]2(NCCN3CCS(=C)(=O)CC3)CC[C@]3(C)[C@H](CC[C@@H]4[C@@]5(C)CC=C(C6=CCC(COc7ncccc7C#N)(C(=O)O)CC6)C(C)(C)[C@@H]5CC[C@]43C)[C@@H]12. The van der Waals surface area contributed by atoms with Crippen LogP contribution in [0, 0.1) is 68.0 Å². The van der Waals surface area contributed by atoms with Crippen molar-refractivity contribution in [2.45, 2.75) is 124 Å². The summed E-state index contributed by atoms with van der Waals surface area (Å²) in [5, 5.41) is 24.3. The number of carboxylic acids is 1. The summed E-state index contributed by atoms with van der Waals surface area (Å²) in [6.45, 7) is 23.8. The lowest BCUT2D eigenvalue weighted by molar-refractivity contribution is -0.221. The smallest absolute Gasteiger partial charge is 0.313 e. The second-order valence-corrected chi connectivity index (χ2v) is 24.6. The van der Waals surface area contributed by atoms with Crippen LogP contribution in [-0.2, 0) is 14.3 Å². The molecule has 10 atom stereocenters. The molecule has 0 aromatic carbocycles. The topological polar surface area (TPSA) is 116 Å². The number of nitrogens with zero attached hydrogens (tertiary/aromatic N) is 3. The number of carbonyl (C=O) groups is 1. The Bertz CT molecular complexity index is 2050. The van der Waals surface area contributed by atoms with Crippen LogP contribution in [0.5, 0.6) is 5.88 Å². The van der Waals surface area contributed by atoms with E-state index in [0.717, 1.165) is 44.1 Å². The third kappa shape index (κ3) is 6.89. The highest BCUT2D eigenvalue weighted by atomic mass is 32.2. The number of hydrogen-bond donors (Lipinski definition) is 2. The molecule has 8 rings (SSSR count). The van der Waals surface area contributed by atoms with Gasteiger partial charge in [-0.1, -0.05) is 58.9 Å². The second-order valence-electron chi connectivity index (χ2n) is 21.8. The van der Waals surface area contributed by atoms with E-state index in [2.05, 4.69) is 87.4 Å². The van der Waals surface area contributed by atoms with E-state index in [0.29, 0.717) is 54.4 Å². The van der Waals surface area contributed by atoms with Crippen molar-refractivity contribution >= 4 is 21.4 Å². The van der Waals surface area contributed by atoms with Crippen molar-refractivity contribution in [1.82, 2.24) is 15.2 Å². The molecule has 59 heavy (non-hydrogen) atoms. The van der Waals surface area contributed by atoms with Gasteiger partial charge in [0.25, 0.3) is 0 Å². The molecule has 322 valence electrons. The lowest BCUT2D eigenvalue weighted by Crippen LogP contribution is -2.68. The van der Waals surface area contributed by atoms with Gasteiger partial charge in [-0.05, 0) is 174 Å². The van der Waals surface area contributed by atoms with Crippen molar-refractivity contribution in [1.29, 1.82) is 5.26 Å². The molecular weight excluding hydrogens is 753 g/mol. The van der Waals surface area contributed by atoms with Gasteiger partial charge in [0.05, 0.1) is 0 Å². The van der Waals surface area contributed by atoms with Crippen LogP contribution in [0.25, 0.3) is 0 Å². The normalized spacial score (nSPS) is 41.1. The summed E-state index contributed by atoms with van der Waals surface area (Å²) in [4.78, 5) is 19.5. The van der Waals surface area contributed by atoms with Crippen molar-refractivity contribution in [3.63, 3.8) is 0 Å². The highest BCUT2D eigenvalue weighted by Crippen LogP contribution is 2.76. The Kier molecular flexibility index (Phi) is 11.0. The van der Waals surface area contributed by atoms with Crippen molar-refractivity contribution < 1.29 is 18.8 Å². The standard InChI is InChI=1S/C50H72N4O4S/c1-34(2)37-15-22-50(53-26-27-54-28-30-59(8,57)31-29-54)24-23-47(6)39(42(37)50)11-12-41-46(5)18-16-38(45(3,4)40(46)17-19-48(41,47)7)35-13-20-49(21-14-35,44(55)56)33-58-43-36(32-51)10-9-25-52-43/h9-10,13,16,25,37,39-42,53H,1,8,11-12,14-15,17-24,26-31,33H2,2-7H3,(H,55,56)/t37-,39+,40-,41+,42+,46-,47+,48+,49?,50-/m0/s1. The summed E-state index contributed by atoms with van der Waals surface area (Å²) < 4.78 is 18.5. The molecule has 2 heterocycles. The molecule has 2 N–H and O–H groups in total. The lowest BCUT2D eigenvalue weighted by atomic mass is 9.33. The molecule has 4 saturated carbocycles. The van der Waals surface area contributed by atoms with Gasteiger partial charge in [0, 0.05) is 49.4 Å². The van der Waals surface area contributed by atoms with Crippen molar-refractivity contribution in [3.8, 4) is 11.9 Å². The Hall–Kier alpha value is -2.93. The van der Waals surface area contributed by atoms with Gasteiger partial charge in [-0.25, -0.2) is 4.98 Å². The first-order valence-corrected chi connectivity index (χ1v) is 25.0. The Labute approximate surface area is 355 Å². The fraction of sp³-hybridized carbons (Fsp3) is 0.720. The Morgan fingerprint density at radius 1 is 1.02 bits per heavy atom. The Morgan fingerprint density at radius 2 is 1.78 bits per heavy atom. The summed E-state index contributed by atoms with van der Waals surface area (Å²) in [6, 6.07) is 5.45. The summed E-state index contributed by atoms with van der Waals surface area (Å²) in [6.07, 6.45) is 19.2. The van der Waals surface area contributed by atoms with Crippen LogP contribution in [0.15, 0.2) is 53.8 Å². The first-order chi connectivity index (χ1) is 27.8. The first-order valence-electron chi connectivity index (χ1n) is 22.9. The average Bonchev–Trinajstić information content (AvgIpc) is 3.58. The molecule has 1 aromatic heterocycles. The second kappa shape index (κ2) is 15.2. The molecule has 0 spiro atoms. The van der Waals surface area contributed by atoms with Gasteiger partial charge in [0.1, 0.15) is 23.7 Å². The van der Waals surface area contributed by atoms with Gasteiger partial charge in [0.2, 0.25) is 5.88 Å². The molecule has 1 saturated heterocycles. The van der Waals surface area contributed by atoms with Gasteiger partial charge in [-0.3, -0.25) is 9.00 Å². The number of aromatic nitrogens is 1. The molecule has 6 aliphatic carbocycles. The Balaban J connectivity index is 1.01. The average molecular weight is 825 g/mol. The largest absolute Gasteiger partial charge is 0.481 e. The molecule has 1 aromatic rings. The van der Waals surface area contributed by atoms with Gasteiger partial charge in [-0.15, -0.1) is 0 Å². The van der Waals surface area contributed by atoms with E-state index in [9.17, 15) is 19.4 Å². The number of allylic oxidation sites excluding steroid dienone is 5. The number of carboxylic acid groups (broad SMARTS) is 1. The fourth-order valence-electron chi connectivity index (χ4n) is 15.4. The van der Waals surface area contributed by atoms with E-state index in [1.165, 1.54) is 68.1 Å². The van der Waals surface area contributed by atoms with E-state index in [4.69, 9.17) is 4.74 Å². The maximum Gasteiger partial charge on any atom is 0.313 e. The highest BCUT2D eigenvalue weighted by molar-refractivity contribution is 8.00. The van der Waals surface area contributed by atoms with Crippen molar-refractivity contribution in [2.75, 3.05) is 44.3 Å². The zero-order valence-corrected chi connectivity index (χ0v) is 37.9. The van der Waals surface area contributed by atoms with Gasteiger partial charge in [-0.2, -0.15) is 5.26 Å². The third-order valence-corrected chi connectivity index (χ3v) is 20.8. The molecule has 7 aliphatic rings. The van der Waals surface area contributed by atoms with Crippen LogP contribution >= 0.6 is 0 Å². The highest BCUT2D eigenvalue weighted by Gasteiger charge is 2.70. The molecule has 0 amide bonds. The number of nitrogens with one attached hydrogen (secondary N) is 1. The molecule has 5 fully saturated rings. The van der Waals surface area contributed by atoms with Gasteiger partial charge >= 0.3 is 5.97 Å². The predicted molar refractivity (Wildman–Crippen MR) is 239 cm³/mol. The first kappa shape index (κ1) is 42.7. The lowest BCUT2D eigenvalue weighted by Gasteiger charge is -2.72. The molecule has 9 heteroatoms. The number of aliphatic carboxylic acids is 1. The minimum Gasteiger partial charge on any atom is -0.481 e. The number of pyridine rings is 1. The minimum atomic E-state index is -1.88. The Morgan fingerprint density at radius 3 is 2.46 bits per heavy atom. The molecule has 1 aliphatic heterocycles. The maximum absolute atomic E-state index is 12.8. The van der Waals surface area contributed by atoms with Gasteiger partial charge in [0.15, 0.2) is 0 Å². The number of hydrogen-bond acceptors (Lipinski definition) is 7. The van der Waals surface area contributed by atoms with E-state index in [1.54, 1.807) is 18.3 Å². The number of rotatable bonds is 10. The monoisotopic (exact) mass is 825 g/mol. The zero-order chi connectivity index (χ0) is 42.2. The van der Waals surface area contributed by atoms with Crippen molar-refractivity contribution in [2.24, 2.45) is 56.7 Å². The van der Waals surface area contributed by atoms with Gasteiger partial charge < -0.3 is 20.1 Å². The summed E-state index contributed by atoms with van der Waals surface area (Å²) in [5.41, 5.74) is 4.29. The zero-order valence-electron chi connectivity index (χ0n) is 37.0. The maximum atomic E-state index is 12.8. The van der Waals surface area contributed by atoms with Crippen LogP contribution in [0.3, 0.4) is 0 Å². The number of fused-ring (bicyclic) bond motifs is 7. The third-order valence-electron chi connectivity index (χ3n) is 18.9. The van der Waals surface area contributed by atoms with E-state index in [1.807, 2.05) is 0 Å². The fourth-order valence-corrected chi connectivity index (χ4v) is 16.8. The molecular formula is C50H72N4O4S. The molecule has 0 radical (unpaired) electrons. The number of nitriles is 1. The van der Waals surface area contributed by atoms with E-state index >= 15 is 0 Å². The van der Waals surface area contributed by atoms with Crippen LogP contribution in [0.1, 0.15) is 124 Å². The van der Waals surface area contributed by atoms with Crippen LogP contribution < -0.4 is 10.1 Å². The van der Waals surface area contributed by atoms with Crippen LogP contribution in [-0.4, -0.2) is 80.9 Å². The van der Waals surface area contributed by atoms with E-state index < -0.39 is 20.9 Å². The summed E-state index contributed by atoms with van der Waals surface area (Å²) >= 11 is 0. The minimum absolute atomic E-state index is 0.00734. The number of ether oxygens (including phenoxy) is 1.